The summed E-state index contributed by atoms with van der Waals surface area (Å²) in [6.45, 7) is 4.84. The van der Waals surface area contributed by atoms with Crippen molar-refractivity contribution in [2.75, 3.05) is 13.2 Å². The second kappa shape index (κ2) is 8.56. The molecule has 1 rings (SSSR count). The molecular weight excluding hydrogens is 322 g/mol. The third kappa shape index (κ3) is 6.04. The lowest BCUT2D eigenvalue weighted by molar-refractivity contribution is -0.122. The Labute approximate surface area is 127 Å². The summed E-state index contributed by atoms with van der Waals surface area (Å²) in [7, 11) is 0. The van der Waals surface area contributed by atoms with Gasteiger partial charge in [0.25, 0.3) is 5.91 Å². The topological polar surface area (TPSA) is 74.2 Å². The van der Waals surface area contributed by atoms with E-state index in [-0.39, 0.29) is 19.1 Å². The Kier molecular flexibility index (Phi) is 7.05. The van der Waals surface area contributed by atoms with Crippen molar-refractivity contribution in [2.45, 2.75) is 26.4 Å². The molecule has 5 nitrogen and oxygen atoms in total. The Hall–Kier alpha value is -1.58. The van der Waals surface area contributed by atoms with Crippen LogP contribution in [-0.2, 0) is 11.3 Å². The molecule has 6 heteroatoms. The first-order valence-electron chi connectivity index (χ1n) is 6.31. The van der Waals surface area contributed by atoms with Gasteiger partial charge in [-0.3, -0.25) is 4.79 Å². The van der Waals surface area contributed by atoms with Crippen molar-refractivity contribution in [3.8, 4) is 11.8 Å². The Morgan fingerprint density at radius 3 is 2.85 bits per heavy atom. The van der Waals surface area contributed by atoms with Crippen molar-refractivity contribution in [2.24, 2.45) is 0 Å². The highest BCUT2D eigenvalue weighted by Gasteiger charge is 2.06. The van der Waals surface area contributed by atoms with Gasteiger partial charge < -0.3 is 15.4 Å². The van der Waals surface area contributed by atoms with E-state index in [1.54, 1.807) is 0 Å². The summed E-state index contributed by atoms with van der Waals surface area (Å²) in [5.41, 5.74) is 1.13. The average molecular weight is 340 g/mol. The summed E-state index contributed by atoms with van der Waals surface area (Å²) < 4.78 is 6.19. The molecule has 0 saturated carbocycles. The van der Waals surface area contributed by atoms with Crippen molar-refractivity contribution >= 4 is 21.8 Å². The fourth-order valence-corrected chi connectivity index (χ4v) is 1.97. The SMILES string of the molecule is CC(C)NCc1ccc(OCC(=O)NCC#N)c(Br)c1. The van der Waals surface area contributed by atoms with Crippen molar-refractivity contribution in [3.63, 3.8) is 0 Å². The number of hydrogen-bond acceptors (Lipinski definition) is 4. The molecule has 0 aliphatic heterocycles. The van der Waals surface area contributed by atoms with E-state index in [4.69, 9.17) is 10.00 Å². The third-order valence-electron chi connectivity index (χ3n) is 2.43. The number of nitriles is 1. The number of carbonyl (C=O) groups excluding carboxylic acids is 1. The normalized spacial score (nSPS) is 10.2. The van der Waals surface area contributed by atoms with Crippen LogP contribution in [0.1, 0.15) is 19.4 Å². The number of amides is 1. The van der Waals surface area contributed by atoms with Gasteiger partial charge in [0, 0.05) is 12.6 Å². The molecule has 0 fully saturated rings. The lowest BCUT2D eigenvalue weighted by atomic mass is 10.2. The molecule has 0 bridgehead atoms. The number of rotatable bonds is 7. The monoisotopic (exact) mass is 339 g/mol. The van der Waals surface area contributed by atoms with E-state index in [0.717, 1.165) is 16.6 Å². The number of nitrogens with one attached hydrogen (secondary N) is 2. The summed E-state index contributed by atoms with van der Waals surface area (Å²) in [6.07, 6.45) is 0. The lowest BCUT2D eigenvalue weighted by Gasteiger charge is -2.11. The second-order valence-corrected chi connectivity index (χ2v) is 5.38. The van der Waals surface area contributed by atoms with Gasteiger partial charge in [0.2, 0.25) is 0 Å². The van der Waals surface area contributed by atoms with Crippen LogP contribution in [0, 0.1) is 11.3 Å². The minimum absolute atomic E-state index is 0.0107. The van der Waals surface area contributed by atoms with E-state index in [9.17, 15) is 4.79 Å². The van der Waals surface area contributed by atoms with Crippen LogP contribution in [0.4, 0.5) is 0 Å². The summed E-state index contributed by atoms with van der Waals surface area (Å²) in [4.78, 5) is 11.3. The van der Waals surface area contributed by atoms with Crippen molar-refractivity contribution in [3.05, 3.63) is 28.2 Å². The smallest absolute Gasteiger partial charge is 0.258 e. The Morgan fingerprint density at radius 1 is 1.50 bits per heavy atom. The molecule has 20 heavy (non-hydrogen) atoms. The standard InChI is InChI=1S/C14H18BrN3O2/c1-10(2)18-8-11-3-4-13(12(15)7-11)20-9-14(19)17-6-5-16/h3-4,7,10,18H,6,8-9H2,1-2H3,(H,17,19). The molecule has 0 heterocycles. The zero-order chi connectivity index (χ0) is 15.0. The van der Waals surface area contributed by atoms with Crippen LogP contribution in [0.5, 0.6) is 5.75 Å². The number of ether oxygens (including phenoxy) is 1. The largest absolute Gasteiger partial charge is 0.483 e. The quantitative estimate of drug-likeness (QED) is 0.745. The van der Waals surface area contributed by atoms with E-state index in [1.165, 1.54) is 0 Å². The molecule has 1 amide bonds. The second-order valence-electron chi connectivity index (χ2n) is 4.52. The van der Waals surface area contributed by atoms with Crippen molar-refractivity contribution in [1.29, 1.82) is 5.26 Å². The van der Waals surface area contributed by atoms with Gasteiger partial charge in [0.15, 0.2) is 6.61 Å². The van der Waals surface area contributed by atoms with Crippen LogP contribution < -0.4 is 15.4 Å². The van der Waals surface area contributed by atoms with Crippen molar-refractivity contribution < 1.29 is 9.53 Å². The Bertz CT molecular complexity index is 498. The molecular formula is C14H18BrN3O2. The van der Waals surface area contributed by atoms with E-state index < -0.39 is 0 Å². The van der Waals surface area contributed by atoms with Gasteiger partial charge in [-0.15, -0.1) is 0 Å². The Morgan fingerprint density at radius 2 is 2.25 bits per heavy atom. The predicted molar refractivity (Wildman–Crippen MR) is 80.2 cm³/mol. The van der Waals surface area contributed by atoms with Crippen LogP contribution in [-0.4, -0.2) is 25.1 Å². The van der Waals surface area contributed by atoms with Gasteiger partial charge in [0.1, 0.15) is 12.3 Å². The number of benzene rings is 1. The lowest BCUT2D eigenvalue weighted by Crippen LogP contribution is -2.29. The van der Waals surface area contributed by atoms with Gasteiger partial charge in [-0.2, -0.15) is 5.26 Å². The first-order valence-corrected chi connectivity index (χ1v) is 7.10. The van der Waals surface area contributed by atoms with Gasteiger partial charge in [-0.25, -0.2) is 0 Å². The molecule has 0 atom stereocenters. The highest BCUT2D eigenvalue weighted by molar-refractivity contribution is 9.10. The van der Waals surface area contributed by atoms with Gasteiger partial charge in [-0.1, -0.05) is 19.9 Å². The predicted octanol–water partition coefficient (Wildman–Crippen LogP) is 1.97. The molecule has 1 aromatic rings. The fourth-order valence-electron chi connectivity index (χ4n) is 1.43. The molecule has 0 aliphatic rings. The fraction of sp³-hybridized carbons (Fsp3) is 0.429. The van der Waals surface area contributed by atoms with Crippen LogP contribution in [0.15, 0.2) is 22.7 Å². The molecule has 0 aromatic heterocycles. The van der Waals surface area contributed by atoms with Crippen LogP contribution in [0.3, 0.4) is 0 Å². The van der Waals surface area contributed by atoms with Crippen LogP contribution in [0.2, 0.25) is 0 Å². The minimum Gasteiger partial charge on any atom is -0.483 e. The summed E-state index contributed by atoms with van der Waals surface area (Å²) in [5.74, 6) is 0.286. The number of halogens is 1. The van der Waals surface area contributed by atoms with Gasteiger partial charge >= 0.3 is 0 Å². The first-order chi connectivity index (χ1) is 9.52. The summed E-state index contributed by atoms with van der Waals surface area (Å²) in [5, 5.41) is 14.1. The average Bonchev–Trinajstić information content (AvgIpc) is 2.41. The highest BCUT2D eigenvalue weighted by Crippen LogP contribution is 2.26. The molecule has 1 aromatic carbocycles. The van der Waals surface area contributed by atoms with E-state index in [2.05, 4.69) is 40.4 Å². The zero-order valence-electron chi connectivity index (χ0n) is 11.6. The molecule has 0 spiro atoms. The van der Waals surface area contributed by atoms with E-state index in [1.807, 2.05) is 24.3 Å². The molecule has 0 saturated heterocycles. The maximum Gasteiger partial charge on any atom is 0.258 e. The van der Waals surface area contributed by atoms with Crippen LogP contribution >= 0.6 is 15.9 Å². The van der Waals surface area contributed by atoms with Gasteiger partial charge in [-0.05, 0) is 33.6 Å². The highest BCUT2D eigenvalue weighted by atomic mass is 79.9. The molecule has 108 valence electrons. The number of nitrogens with zero attached hydrogens (tertiary/aromatic N) is 1. The number of carbonyl (C=O) groups is 1. The van der Waals surface area contributed by atoms with Crippen LogP contribution in [0.25, 0.3) is 0 Å². The summed E-state index contributed by atoms with van der Waals surface area (Å²) >= 11 is 3.42. The maximum atomic E-state index is 11.3. The van der Waals surface area contributed by atoms with E-state index in [0.29, 0.717) is 11.8 Å². The summed E-state index contributed by atoms with van der Waals surface area (Å²) in [6, 6.07) is 7.98. The third-order valence-corrected chi connectivity index (χ3v) is 3.05. The molecule has 2 N–H and O–H groups in total. The zero-order valence-corrected chi connectivity index (χ0v) is 13.2. The van der Waals surface area contributed by atoms with Gasteiger partial charge in [0.05, 0.1) is 10.5 Å². The number of hydrogen-bond donors (Lipinski definition) is 2. The Balaban J connectivity index is 2.51. The van der Waals surface area contributed by atoms with E-state index >= 15 is 0 Å². The molecule has 0 aliphatic carbocycles. The molecule has 0 unspecified atom stereocenters. The minimum atomic E-state index is -0.316. The maximum absolute atomic E-state index is 11.3. The first kappa shape index (κ1) is 16.5. The van der Waals surface area contributed by atoms with Crippen molar-refractivity contribution in [1.82, 2.24) is 10.6 Å². The molecule has 0 radical (unpaired) electrons.